The third-order valence-electron chi connectivity index (χ3n) is 5.82. The predicted molar refractivity (Wildman–Crippen MR) is 113 cm³/mol. The Morgan fingerprint density at radius 3 is 2.66 bits per heavy atom. The van der Waals surface area contributed by atoms with Crippen LogP contribution in [0.2, 0.25) is 0 Å². The Kier molecular flexibility index (Phi) is 4.39. The summed E-state index contributed by atoms with van der Waals surface area (Å²) >= 11 is 0. The molecule has 2 aliphatic heterocycles. The van der Waals surface area contributed by atoms with Crippen LogP contribution in [0.4, 0.5) is 10.5 Å². The van der Waals surface area contributed by atoms with Crippen molar-refractivity contribution in [2.45, 2.75) is 32.4 Å². The number of urea groups is 1. The topological polar surface area (TPSA) is 74.2 Å². The highest BCUT2D eigenvalue weighted by molar-refractivity contribution is 6.04. The summed E-state index contributed by atoms with van der Waals surface area (Å²) in [6, 6.07) is 8.19. The molecule has 3 aromatic rings. The number of fused-ring (bicyclic) bond motifs is 3. The maximum atomic E-state index is 13.2. The smallest absolute Gasteiger partial charge is 0.323 e. The lowest BCUT2D eigenvalue weighted by molar-refractivity contribution is 0.205. The Morgan fingerprint density at radius 1 is 1.07 bits per heavy atom. The van der Waals surface area contributed by atoms with E-state index in [9.17, 15) is 4.79 Å². The van der Waals surface area contributed by atoms with Crippen molar-refractivity contribution in [3.63, 3.8) is 0 Å². The van der Waals surface area contributed by atoms with Gasteiger partial charge >= 0.3 is 6.03 Å². The van der Waals surface area contributed by atoms with Crippen LogP contribution in [0.15, 0.2) is 36.7 Å². The predicted octanol–water partition coefficient (Wildman–Crippen LogP) is 3.12. The van der Waals surface area contributed by atoms with E-state index in [0.29, 0.717) is 6.54 Å². The SMILES string of the molecule is Cc1ccc(-c2ccc3ncc4c(c3n2)N(C2CCNCC2)C(=O)N(C)C4)cn1. The first-order valence-electron chi connectivity index (χ1n) is 10.1. The Hall–Kier alpha value is -3.06. The van der Waals surface area contributed by atoms with Crippen molar-refractivity contribution in [2.75, 3.05) is 25.0 Å². The molecule has 3 aromatic heterocycles. The van der Waals surface area contributed by atoms with Gasteiger partial charge in [0.25, 0.3) is 0 Å². The zero-order valence-corrected chi connectivity index (χ0v) is 16.7. The molecule has 0 spiro atoms. The number of aryl methyl sites for hydroxylation is 1. The molecule has 7 heteroatoms. The standard InChI is InChI=1S/C22H24N6O/c1-14-3-4-15(11-24-14)18-5-6-19-20(26-18)21-16(12-25-19)13-27(2)22(29)28(21)17-7-9-23-10-8-17/h3-6,11-12,17,23H,7-10,13H2,1-2H3. The minimum Gasteiger partial charge on any atom is -0.323 e. The fraction of sp³-hybridized carbons (Fsp3) is 0.364. The molecule has 0 radical (unpaired) electrons. The molecular formula is C22H24N6O. The summed E-state index contributed by atoms with van der Waals surface area (Å²) in [5.41, 5.74) is 6.35. The molecule has 1 fully saturated rings. The van der Waals surface area contributed by atoms with E-state index in [1.54, 1.807) is 4.90 Å². The van der Waals surface area contributed by atoms with Crippen LogP contribution in [-0.2, 0) is 6.54 Å². The highest BCUT2D eigenvalue weighted by Gasteiger charge is 2.36. The van der Waals surface area contributed by atoms with Gasteiger partial charge in [-0.15, -0.1) is 0 Å². The lowest BCUT2D eigenvalue weighted by Gasteiger charge is -2.41. The van der Waals surface area contributed by atoms with Gasteiger partial charge < -0.3 is 10.2 Å². The fourth-order valence-electron chi connectivity index (χ4n) is 4.26. The number of nitrogens with one attached hydrogen (secondary N) is 1. The molecule has 0 saturated carbocycles. The van der Waals surface area contributed by atoms with Crippen LogP contribution in [0.3, 0.4) is 0 Å². The number of amides is 2. The van der Waals surface area contributed by atoms with Crippen molar-refractivity contribution in [3.05, 3.63) is 47.9 Å². The van der Waals surface area contributed by atoms with E-state index in [-0.39, 0.29) is 12.1 Å². The number of carbonyl (C=O) groups is 1. The fourth-order valence-corrected chi connectivity index (χ4v) is 4.26. The molecule has 0 unspecified atom stereocenters. The van der Waals surface area contributed by atoms with E-state index in [1.165, 1.54) is 0 Å². The van der Waals surface area contributed by atoms with Gasteiger partial charge in [0.2, 0.25) is 0 Å². The van der Waals surface area contributed by atoms with Crippen LogP contribution < -0.4 is 10.2 Å². The minimum atomic E-state index is 0.0427. The number of hydrogen-bond donors (Lipinski definition) is 1. The molecule has 29 heavy (non-hydrogen) atoms. The van der Waals surface area contributed by atoms with E-state index < -0.39 is 0 Å². The largest absolute Gasteiger partial charge is 0.324 e. The molecule has 148 valence electrons. The third-order valence-corrected chi connectivity index (χ3v) is 5.82. The Balaban J connectivity index is 1.69. The molecule has 5 rings (SSSR count). The van der Waals surface area contributed by atoms with Crippen LogP contribution in [-0.4, -0.2) is 52.1 Å². The molecule has 2 aliphatic rings. The summed E-state index contributed by atoms with van der Waals surface area (Å²) in [7, 11) is 1.85. The van der Waals surface area contributed by atoms with Gasteiger partial charge in [-0.25, -0.2) is 9.78 Å². The Bertz CT molecular complexity index is 1070. The number of rotatable bonds is 2. The van der Waals surface area contributed by atoms with Gasteiger partial charge in [0.05, 0.1) is 23.4 Å². The quantitative estimate of drug-likeness (QED) is 0.730. The van der Waals surface area contributed by atoms with Crippen molar-refractivity contribution in [1.29, 1.82) is 0 Å². The van der Waals surface area contributed by atoms with Crippen molar-refractivity contribution < 1.29 is 4.79 Å². The number of piperidine rings is 1. The molecule has 1 N–H and O–H groups in total. The molecule has 0 aliphatic carbocycles. The number of nitrogens with zero attached hydrogens (tertiary/aromatic N) is 5. The lowest BCUT2D eigenvalue weighted by atomic mass is 10.0. The summed E-state index contributed by atoms with van der Waals surface area (Å²) in [6.45, 7) is 4.36. The van der Waals surface area contributed by atoms with Crippen LogP contribution in [0.5, 0.6) is 0 Å². The molecule has 0 aromatic carbocycles. The Labute approximate surface area is 169 Å². The minimum absolute atomic E-state index is 0.0427. The van der Waals surface area contributed by atoms with Crippen LogP contribution >= 0.6 is 0 Å². The number of hydrogen-bond acceptors (Lipinski definition) is 5. The molecular weight excluding hydrogens is 364 g/mol. The maximum absolute atomic E-state index is 13.2. The van der Waals surface area contributed by atoms with E-state index in [1.807, 2.05) is 55.5 Å². The highest BCUT2D eigenvalue weighted by Crippen LogP contribution is 2.37. The van der Waals surface area contributed by atoms with Gasteiger partial charge in [-0.2, -0.15) is 0 Å². The average Bonchev–Trinajstić information content (AvgIpc) is 2.75. The van der Waals surface area contributed by atoms with E-state index in [0.717, 1.165) is 65.2 Å². The second kappa shape index (κ2) is 7.08. The van der Waals surface area contributed by atoms with Crippen molar-refractivity contribution in [3.8, 4) is 11.3 Å². The molecule has 5 heterocycles. The lowest BCUT2D eigenvalue weighted by Crippen LogP contribution is -2.53. The first-order valence-corrected chi connectivity index (χ1v) is 10.1. The number of aromatic nitrogens is 3. The summed E-state index contributed by atoms with van der Waals surface area (Å²) in [6.07, 6.45) is 5.61. The van der Waals surface area contributed by atoms with E-state index >= 15 is 0 Å². The zero-order chi connectivity index (χ0) is 20.0. The van der Waals surface area contributed by atoms with Crippen LogP contribution in [0.1, 0.15) is 24.1 Å². The van der Waals surface area contributed by atoms with Crippen LogP contribution in [0, 0.1) is 6.92 Å². The van der Waals surface area contributed by atoms with E-state index in [2.05, 4.69) is 15.3 Å². The summed E-state index contributed by atoms with van der Waals surface area (Å²) in [5.74, 6) is 0. The highest BCUT2D eigenvalue weighted by atomic mass is 16.2. The van der Waals surface area contributed by atoms with Gasteiger partial charge in [-0.05, 0) is 57.1 Å². The molecule has 2 amide bonds. The first kappa shape index (κ1) is 18.0. The summed E-state index contributed by atoms with van der Waals surface area (Å²) in [4.78, 5) is 30.9. The molecule has 0 atom stereocenters. The van der Waals surface area contributed by atoms with Gasteiger partial charge in [0.1, 0.15) is 5.52 Å². The van der Waals surface area contributed by atoms with Gasteiger partial charge in [0.15, 0.2) is 0 Å². The van der Waals surface area contributed by atoms with Crippen LogP contribution in [0.25, 0.3) is 22.3 Å². The van der Waals surface area contributed by atoms with Crippen molar-refractivity contribution in [2.24, 2.45) is 0 Å². The monoisotopic (exact) mass is 388 g/mol. The summed E-state index contributed by atoms with van der Waals surface area (Å²) in [5, 5.41) is 3.39. The maximum Gasteiger partial charge on any atom is 0.324 e. The first-order chi connectivity index (χ1) is 14.1. The molecule has 0 bridgehead atoms. The summed E-state index contributed by atoms with van der Waals surface area (Å²) < 4.78 is 0. The Morgan fingerprint density at radius 2 is 1.90 bits per heavy atom. The zero-order valence-electron chi connectivity index (χ0n) is 16.7. The third kappa shape index (κ3) is 3.11. The second-order valence-electron chi connectivity index (χ2n) is 7.87. The number of pyridine rings is 3. The average molecular weight is 388 g/mol. The number of anilines is 1. The number of carbonyl (C=O) groups excluding carboxylic acids is 1. The molecule has 1 saturated heterocycles. The van der Waals surface area contributed by atoms with Gasteiger partial charge in [0, 0.05) is 42.3 Å². The van der Waals surface area contributed by atoms with Gasteiger partial charge in [-0.1, -0.05) is 0 Å². The van der Waals surface area contributed by atoms with Crippen molar-refractivity contribution in [1.82, 2.24) is 25.2 Å². The second-order valence-corrected chi connectivity index (χ2v) is 7.87. The normalized spacial score (nSPS) is 17.7. The van der Waals surface area contributed by atoms with E-state index in [4.69, 9.17) is 4.98 Å². The van der Waals surface area contributed by atoms with Crippen molar-refractivity contribution >= 4 is 22.8 Å². The molecule has 7 nitrogen and oxygen atoms in total. The van der Waals surface area contributed by atoms with Gasteiger partial charge in [-0.3, -0.25) is 14.9 Å².